The number of furan rings is 1. The van der Waals surface area contributed by atoms with Crippen molar-refractivity contribution < 1.29 is 13.9 Å². The first-order chi connectivity index (χ1) is 7.74. The molecule has 2 heterocycles. The van der Waals surface area contributed by atoms with Gasteiger partial charge in [-0.15, -0.1) is 0 Å². The molecule has 1 aromatic rings. The van der Waals surface area contributed by atoms with Crippen molar-refractivity contribution in [1.82, 2.24) is 4.90 Å². The van der Waals surface area contributed by atoms with E-state index in [0.717, 1.165) is 31.6 Å². The van der Waals surface area contributed by atoms with Crippen LogP contribution in [-0.4, -0.2) is 38.0 Å². The van der Waals surface area contributed by atoms with Crippen LogP contribution in [0.15, 0.2) is 22.8 Å². The van der Waals surface area contributed by atoms with Crippen LogP contribution < -0.4 is 0 Å². The lowest BCUT2D eigenvalue weighted by Crippen LogP contribution is -2.37. The van der Waals surface area contributed by atoms with Crippen LogP contribution >= 0.6 is 0 Å². The summed E-state index contributed by atoms with van der Waals surface area (Å²) in [5.41, 5.74) is -0.318. The molecule has 4 nitrogen and oxygen atoms in total. The van der Waals surface area contributed by atoms with Gasteiger partial charge in [-0.25, -0.2) is 0 Å². The van der Waals surface area contributed by atoms with Crippen molar-refractivity contribution >= 4 is 6.29 Å². The molecule has 1 aliphatic rings. The van der Waals surface area contributed by atoms with Crippen molar-refractivity contribution in [3.05, 3.63) is 24.2 Å². The van der Waals surface area contributed by atoms with Gasteiger partial charge in [-0.05, 0) is 25.6 Å². The summed E-state index contributed by atoms with van der Waals surface area (Å²) in [6, 6.07) is 3.81. The average Bonchev–Trinajstić information content (AvgIpc) is 2.90. The van der Waals surface area contributed by atoms with E-state index < -0.39 is 0 Å². The van der Waals surface area contributed by atoms with E-state index in [0.29, 0.717) is 13.2 Å². The second-order valence-corrected chi connectivity index (χ2v) is 4.53. The number of aldehydes is 1. The van der Waals surface area contributed by atoms with Gasteiger partial charge < -0.3 is 13.9 Å². The van der Waals surface area contributed by atoms with Crippen molar-refractivity contribution in [2.24, 2.45) is 5.41 Å². The molecular weight excluding hydrogens is 206 g/mol. The van der Waals surface area contributed by atoms with Gasteiger partial charge in [0, 0.05) is 13.2 Å². The minimum Gasteiger partial charge on any atom is -0.468 e. The molecule has 1 aromatic heterocycles. The number of rotatable bonds is 5. The van der Waals surface area contributed by atoms with Crippen molar-refractivity contribution in [3.8, 4) is 0 Å². The highest BCUT2D eigenvalue weighted by Crippen LogP contribution is 2.27. The SMILES string of the molecule is CN(Cc1ccco1)CC1(C=O)CCOC1. The Bertz CT molecular complexity index is 328. The number of nitrogens with zero attached hydrogens (tertiary/aromatic N) is 1. The number of carbonyl (C=O) groups excluding carboxylic acids is 1. The fourth-order valence-corrected chi connectivity index (χ4v) is 2.14. The van der Waals surface area contributed by atoms with Crippen molar-refractivity contribution in [2.75, 3.05) is 26.8 Å². The molecule has 1 fully saturated rings. The Kier molecular flexibility index (Phi) is 3.41. The maximum Gasteiger partial charge on any atom is 0.129 e. The Morgan fingerprint density at radius 2 is 2.50 bits per heavy atom. The summed E-state index contributed by atoms with van der Waals surface area (Å²) in [6.07, 6.45) is 3.52. The standard InChI is InChI=1S/C12H17NO3/c1-13(7-11-3-2-5-16-11)8-12(9-14)4-6-15-10-12/h2-3,5,9H,4,6-8,10H2,1H3. The summed E-state index contributed by atoms with van der Waals surface area (Å²) in [6.45, 7) is 2.67. The number of hydrogen-bond donors (Lipinski definition) is 0. The second kappa shape index (κ2) is 4.80. The van der Waals surface area contributed by atoms with Gasteiger partial charge in [-0.1, -0.05) is 0 Å². The van der Waals surface area contributed by atoms with Crippen LogP contribution in [0.25, 0.3) is 0 Å². The molecule has 0 aliphatic carbocycles. The third-order valence-corrected chi connectivity index (χ3v) is 2.97. The Morgan fingerprint density at radius 3 is 3.06 bits per heavy atom. The number of carbonyl (C=O) groups is 1. The summed E-state index contributed by atoms with van der Waals surface area (Å²) in [7, 11) is 1.99. The topological polar surface area (TPSA) is 42.7 Å². The van der Waals surface area contributed by atoms with Crippen LogP contribution in [-0.2, 0) is 16.1 Å². The molecule has 0 N–H and O–H groups in total. The van der Waals surface area contributed by atoms with E-state index in [4.69, 9.17) is 9.15 Å². The molecule has 16 heavy (non-hydrogen) atoms. The van der Waals surface area contributed by atoms with Gasteiger partial charge in [-0.2, -0.15) is 0 Å². The lowest BCUT2D eigenvalue weighted by atomic mass is 9.89. The van der Waals surface area contributed by atoms with Gasteiger partial charge in [0.15, 0.2) is 0 Å². The Hall–Kier alpha value is -1.13. The maximum absolute atomic E-state index is 11.1. The molecule has 1 aliphatic heterocycles. The first-order valence-electron chi connectivity index (χ1n) is 5.49. The Morgan fingerprint density at radius 1 is 1.62 bits per heavy atom. The molecule has 1 atom stereocenters. The lowest BCUT2D eigenvalue weighted by Gasteiger charge is -2.26. The zero-order chi connectivity index (χ0) is 11.4. The second-order valence-electron chi connectivity index (χ2n) is 4.53. The summed E-state index contributed by atoms with van der Waals surface area (Å²) in [4.78, 5) is 13.2. The van der Waals surface area contributed by atoms with Gasteiger partial charge in [0.05, 0.1) is 24.8 Å². The van der Waals surface area contributed by atoms with Crippen molar-refractivity contribution in [2.45, 2.75) is 13.0 Å². The largest absolute Gasteiger partial charge is 0.468 e. The van der Waals surface area contributed by atoms with E-state index in [-0.39, 0.29) is 5.41 Å². The monoisotopic (exact) mass is 223 g/mol. The third-order valence-electron chi connectivity index (χ3n) is 2.97. The van der Waals surface area contributed by atoms with Gasteiger partial charge in [-0.3, -0.25) is 4.90 Å². The van der Waals surface area contributed by atoms with Crippen molar-refractivity contribution in [3.63, 3.8) is 0 Å². The van der Waals surface area contributed by atoms with Gasteiger partial charge in [0.1, 0.15) is 12.0 Å². The molecule has 0 amide bonds. The highest BCUT2D eigenvalue weighted by molar-refractivity contribution is 5.60. The van der Waals surface area contributed by atoms with E-state index in [1.165, 1.54) is 0 Å². The smallest absolute Gasteiger partial charge is 0.129 e. The summed E-state index contributed by atoms with van der Waals surface area (Å²) < 4.78 is 10.6. The van der Waals surface area contributed by atoms with Crippen LogP contribution in [0.2, 0.25) is 0 Å². The van der Waals surface area contributed by atoms with E-state index in [1.54, 1.807) is 6.26 Å². The molecule has 2 rings (SSSR count). The van der Waals surface area contributed by atoms with E-state index >= 15 is 0 Å². The Labute approximate surface area is 95.2 Å². The average molecular weight is 223 g/mol. The van der Waals surface area contributed by atoms with Crippen LogP contribution in [0.1, 0.15) is 12.2 Å². The lowest BCUT2D eigenvalue weighted by molar-refractivity contribution is -0.117. The predicted molar refractivity (Wildman–Crippen MR) is 59.0 cm³/mol. The molecule has 1 saturated heterocycles. The van der Waals surface area contributed by atoms with Gasteiger partial charge >= 0.3 is 0 Å². The zero-order valence-electron chi connectivity index (χ0n) is 9.52. The molecular formula is C12H17NO3. The number of hydrogen-bond acceptors (Lipinski definition) is 4. The van der Waals surface area contributed by atoms with E-state index in [1.807, 2.05) is 19.2 Å². The van der Waals surface area contributed by atoms with Crippen LogP contribution in [0, 0.1) is 5.41 Å². The molecule has 0 radical (unpaired) electrons. The summed E-state index contributed by atoms with van der Waals surface area (Å²) in [5, 5.41) is 0. The number of ether oxygens (including phenoxy) is 1. The Balaban J connectivity index is 1.90. The zero-order valence-corrected chi connectivity index (χ0v) is 9.52. The van der Waals surface area contributed by atoms with E-state index in [2.05, 4.69) is 4.90 Å². The minimum atomic E-state index is -0.318. The molecule has 1 unspecified atom stereocenters. The molecule has 4 heteroatoms. The highest BCUT2D eigenvalue weighted by atomic mass is 16.5. The fraction of sp³-hybridized carbons (Fsp3) is 0.583. The molecule has 0 saturated carbocycles. The highest BCUT2D eigenvalue weighted by Gasteiger charge is 2.35. The minimum absolute atomic E-state index is 0.318. The third kappa shape index (κ3) is 2.51. The summed E-state index contributed by atoms with van der Waals surface area (Å²) >= 11 is 0. The van der Waals surface area contributed by atoms with Crippen LogP contribution in [0.3, 0.4) is 0 Å². The molecule has 0 aromatic carbocycles. The van der Waals surface area contributed by atoms with Crippen molar-refractivity contribution in [1.29, 1.82) is 0 Å². The molecule has 88 valence electrons. The van der Waals surface area contributed by atoms with Crippen LogP contribution in [0.5, 0.6) is 0 Å². The maximum atomic E-state index is 11.1. The normalized spacial score (nSPS) is 25.1. The predicted octanol–water partition coefficient (Wildman–Crippen LogP) is 1.32. The molecule has 0 spiro atoms. The first kappa shape index (κ1) is 11.4. The molecule has 0 bridgehead atoms. The van der Waals surface area contributed by atoms with E-state index in [9.17, 15) is 4.79 Å². The van der Waals surface area contributed by atoms with Crippen LogP contribution in [0.4, 0.5) is 0 Å². The summed E-state index contributed by atoms with van der Waals surface area (Å²) in [5.74, 6) is 0.919. The fourth-order valence-electron chi connectivity index (χ4n) is 2.14. The first-order valence-corrected chi connectivity index (χ1v) is 5.49. The quantitative estimate of drug-likeness (QED) is 0.706. The van der Waals surface area contributed by atoms with Gasteiger partial charge in [0.2, 0.25) is 0 Å². The van der Waals surface area contributed by atoms with Gasteiger partial charge in [0.25, 0.3) is 0 Å².